The summed E-state index contributed by atoms with van der Waals surface area (Å²) in [5, 5.41) is 0. The number of pyridine rings is 1. The summed E-state index contributed by atoms with van der Waals surface area (Å²) in [5.74, 6) is 1.07. The standard InChI is InChI=1S/C15H24N4/c1-5-6-11(16)9-14-18-12-10-17-8-7-13(12)19(14)15(2,3)4/h7-8,10-11H,5-6,9,16H2,1-4H3. The molecule has 0 fully saturated rings. The molecule has 2 aromatic heterocycles. The molecule has 1 atom stereocenters. The molecular formula is C15H24N4. The maximum atomic E-state index is 6.18. The van der Waals surface area contributed by atoms with Gasteiger partial charge in [-0.15, -0.1) is 0 Å². The summed E-state index contributed by atoms with van der Waals surface area (Å²) in [6.45, 7) is 8.76. The summed E-state index contributed by atoms with van der Waals surface area (Å²) >= 11 is 0. The molecular weight excluding hydrogens is 236 g/mol. The highest BCUT2D eigenvalue weighted by Crippen LogP contribution is 2.25. The van der Waals surface area contributed by atoms with Crippen LogP contribution in [-0.4, -0.2) is 20.6 Å². The summed E-state index contributed by atoms with van der Waals surface area (Å²) < 4.78 is 2.29. The van der Waals surface area contributed by atoms with Gasteiger partial charge in [-0.3, -0.25) is 4.98 Å². The molecule has 0 aromatic carbocycles. The number of fused-ring (bicyclic) bond motifs is 1. The molecule has 0 aliphatic rings. The van der Waals surface area contributed by atoms with Gasteiger partial charge in [0.1, 0.15) is 11.3 Å². The Morgan fingerprint density at radius 2 is 2.11 bits per heavy atom. The Morgan fingerprint density at radius 1 is 1.37 bits per heavy atom. The molecule has 0 saturated carbocycles. The van der Waals surface area contributed by atoms with Crippen molar-refractivity contribution in [2.45, 2.75) is 58.5 Å². The third-order valence-electron chi connectivity index (χ3n) is 3.30. The van der Waals surface area contributed by atoms with Crippen molar-refractivity contribution in [3.8, 4) is 0 Å². The molecule has 2 N–H and O–H groups in total. The lowest BCUT2D eigenvalue weighted by Crippen LogP contribution is -2.29. The molecule has 0 bridgehead atoms. The smallest absolute Gasteiger partial charge is 0.111 e. The Labute approximate surface area is 115 Å². The van der Waals surface area contributed by atoms with Crippen molar-refractivity contribution in [1.29, 1.82) is 0 Å². The molecule has 2 aromatic rings. The number of nitrogens with zero attached hydrogens (tertiary/aromatic N) is 3. The second-order valence-electron chi connectivity index (χ2n) is 6.15. The van der Waals surface area contributed by atoms with E-state index in [1.807, 2.05) is 18.5 Å². The Kier molecular flexibility index (Phi) is 3.90. The molecule has 2 heterocycles. The van der Waals surface area contributed by atoms with Crippen LogP contribution < -0.4 is 5.73 Å². The van der Waals surface area contributed by atoms with Crippen LogP contribution in [0.4, 0.5) is 0 Å². The van der Waals surface area contributed by atoms with Gasteiger partial charge in [-0.05, 0) is 33.3 Å². The molecule has 0 saturated heterocycles. The van der Waals surface area contributed by atoms with Crippen molar-refractivity contribution in [1.82, 2.24) is 14.5 Å². The summed E-state index contributed by atoms with van der Waals surface area (Å²) in [6, 6.07) is 2.21. The largest absolute Gasteiger partial charge is 0.327 e. The van der Waals surface area contributed by atoms with Crippen LogP contribution in [-0.2, 0) is 12.0 Å². The average molecular weight is 260 g/mol. The molecule has 0 aliphatic heterocycles. The van der Waals surface area contributed by atoms with Gasteiger partial charge in [-0.1, -0.05) is 13.3 Å². The van der Waals surface area contributed by atoms with Crippen molar-refractivity contribution in [2.24, 2.45) is 5.73 Å². The zero-order chi connectivity index (χ0) is 14.0. The first kappa shape index (κ1) is 14.0. The minimum atomic E-state index is -0.00261. The first-order valence-electron chi connectivity index (χ1n) is 7.01. The van der Waals surface area contributed by atoms with Crippen molar-refractivity contribution in [3.05, 3.63) is 24.3 Å². The third kappa shape index (κ3) is 2.95. The van der Waals surface area contributed by atoms with Crippen LogP contribution in [0.15, 0.2) is 18.5 Å². The fourth-order valence-corrected chi connectivity index (χ4v) is 2.57. The summed E-state index contributed by atoms with van der Waals surface area (Å²) in [7, 11) is 0. The molecule has 0 aliphatic carbocycles. The number of rotatable bonds is 4. The van der Waals surface area contributed by atoms with Gasteiger partial charge in [-0.25, -0.2) is 4.98 Å². The van der Waals surface area contributed by atoms with Gasteiger partial charge >= 0.3 is 0 Å². The SMILES string of the molecule is CCCC(N)Cc1nc2cnccc2n1C(C)(C)C. The zero-order valence-corrected chi connectivity index (χ0v) is 12.3. The first-order chi connectivity index (χ1) is 8.93. The van der Waals surface area contributed by atoms with E-state index in [0.29, 0.717) is 0 Å². The van der Waals surface area contributed by atoms with Crippen molar-refractivity contribution in [3.63, 3.8) is 0 Å². The van der Waals surface area contributed by atoms with Gasteiger partial charge in [0.25, 0.3) is 0 Å². The molecule has 1 unspecified atom stereocenters. The van der Waals surface area contributed by atoms with Crippen LogP contribution in [0.1, 0.15) is 46.4 Å². The molecule has 4 heteroatoms. The number of hydrogen-bond donors (Lipinski definition) is 1. The highest BCUT2D eigenvalue weighted by atomic mass is 15.1. The van der Waals surface area contributed by atoms with Crippen LogP contribution in [0, 0.1) is 0 Å². The number of hydrogen-bond acceptors (Lipinski definition) is 3. The van der Waals surface area contributed by atoms with Gasteiger partial charge in [0.05, 0.1) is 11.7 Å². The van der Waals surface area contributed by atoms with Crippen LogP contribution in [0.25, 0.3) is 11.0 Å². The number of nitrogens with two attached hydrogens (primary N) is 1. The van der Waals surface area contributed by atoms with E-state index in [1.54, 1.807) is 0 Å². The molecule has 0 radical (unpaired) electrons. The topological polar surface area (TPSA) is 56.7 Å². The summed E-state index contributed by atoms with van der Waals surface area (Å²) in [6.07, 6.45) is 6.61. The minimum Gasteiger partial charge on any atom is -0.327 e. The van der Waals surface area contributed by atoms with Crippen LogP contribution in [0.2, 0.25) is 0 Å². The van der Waals surface area contributed by atoms with Crippen molar-refractivity contribution < 1.29 is 0 Å². The lowest BCUT2D eigenvalue weighted by atomic mass is 10.1. The number of aromatic nitrogens is 3. The van der Waals surface area contributed by atoms with Crippen LogP contribution in [0.5, 0.6) is 0 Å². The van der Waals surface area contributed by atoms with Gasteiger partial charge < -0.3 is 10.3 Å². The van der Waals surface area contributed by atoms with Crippen molar-refractivity contribution >= 4 is 11.0 Å². The van der Waals surface area contributed by atoms with E-state index in [-0.39, 0.29) is 11.6 Å². The highest BCUT2D eigenvalue weighted by Gasteiger charge is 2.22. The molecule has 2 rings (SSSR count). The first-order valence-corrected chi connectivity index (χ1v) is 7.01. The van der Waals surface area contributed by atoms with E-state index < -0.39 is 0 Å². The molecule has 0 spiro atoms. The maximum Gasteiger partial charge on any atom is 0.111 e. The average Bonchev–Trinajstić information content (AvgIpc) is 2.66. The van der Waals surface area contributed by atoms with E-state index >= 15 is 0 Å². The predicted octanol–water partition coefficient (Wildman–Crippen LogP) is 2.86. The predicted molar refractivity (Wildman–Crippen MR) is 79.1 cm³/mol. The zero-order valence-electron chi connectivity index (χ0n) is 12.3. The lowest BCUT2D eigenvalue weighted by molar-refractivity contribution is 0.388. The quantitative estimate of drug-likeness (QED) is 0.919. The molecule has 104 valence electrons. The molecule has 4 nitrogen and oxygen atoms in total. The van der Waals surface area contributed by atoms with Crippen LogP contribution >= 0.6 is 0 Å². The third-order valence-corrected chi connectivity index (χ3v) is 3.30. The Hall–Kier alpha value is -1.42. The van der Waals surface area contributed by atoms with Crippen molar-refractivity contribution in [2.75, 3.05) is 0 Å². The second kappa shape index (κ2) is 5.29. The monoisotopic (exact) mass is 260 g/mol. The van der Waals surface area contributed by atoms with Gasteiger partial charge in [0.2, 0.25) is 0 Å². The maximum absolute atomic E-state index is 6.18. The summed E-state index contributed by atoms with van der Waals surface area (Å²) in [4.78, 5) is 8.88. The number of imidazole rings is 1. The highest BCUT2D eigenvalue weighted by molar-refractivity contribution is 5.75. The Balaban J connectivity index is 2.47. The molecule has 19 heavy (non-hydrogen) atoms. The van der Waals surface area contributed by atoms with E-state index in [2.05, 4.69) is 37.2 Å². The van der Waals surface area contributed by atoms with Crippen LogP contribution in [0.3, 0.4) is 0 Å². The van der Waals surface area contributed by atoms with Gasteiger partial charge in [0, 0.05) is 24.2 Å². The Morgan fingerprint density at radius 3 is 2.74 bits per heavy atom. The normalized spacial score (nSPS) is 13.9. The van der Waals surface area contributed by atoms with E-state index in [4.69, 9.17) is 10.7 Å². The van der Waals surface area contributed by atoms with E-state index in [0.717, 1.165) is 36.1 Å². The van der Waals surface area contributed by atoms with E-state index in [9.17, 15) is 0 Å². The fourth-order valence-electron chi connectivity index (χ4n) is 2.57. The second-order valence-corrected chi connectivity index (χ2v) is 6.15. The van der Waals surface area contributed by atoms with Gasteiger partial charge in [-0.2, -0.15) is 0 Å². The van der Waals surface area contributed by atoms with E-state index in [1.165, 1.54) is 0 Å². The fraction of sp³-hybridized carbons (Fsp3) is 0.600. The summed E-state index contributed by atoms with van der Waals surface area (Å²) in [5.41, 5.74) is 8.27. The minimum absolute atomic E-state index is 0.00261. The molecule has 0 amide bonds. The lowest BCUT2D eigenvalue weighted by Gasteiger charge is -2.25. The van der Waals surface area contributed by atoms with Gasteiger partial charge in [0.15, 0.2) is 0 Å². The Bertz CT molecular complexity index is 551.